The molecular formula is C14H19F. The second kappa shape index (κ2) is 4.78. The maximum atomic E-state index is 12.7. The van der Waals surface area contributed by atoms with Gasteiger partial charge < -0.3 is 0 Å². The third kappa shape index (κ3) is 3.05. The van der Waals surface area contributed by atoms with Crippen molar-refractivity contribution in [3.63, 3.8) is 0 Å². The van der Waals surface area contributed by atoms with Crippen LogP contribution in [0.25, 0.3) is 0 Å². The summed E-state index contributed by atoms with van der Waals surface area (Å²) in [7, 11) is 0. The van der Waals surface area contributed by atoms with Gasteiger partial charge in [0, 0.05) is 0 Å². The smallest absolute Gasteiger partial charge is 0.123 e. The number of rotatable bonds is 2. The molecule has 1 heteroatoms. The Morgan fingerprint density at radius 2 is 1.67 bits per heavy atom. The molecule has 1 aliphatic carbocycles. The molecule has 0 nitrogen and oxygen atoms in total. The largest absolute Gasteiger partial charge is 0.207 e. The van der Waals surface area contributed by atoms with Crippen LogP contribution < -0.4 is 0 Å². The van der Waals surface area contributed by atoms with Crippen molar-refractivity contribution >= 4 is 0 Å². The monoisotopic (exact) mass is 206 g/mol. The van der Waals surface area contributed by atoms with Crippen molar-refractivity contribution < 1.29 is 4.39 Å². The van der Waals surface area contributed by atoms with Crippen LogP contribution in [0.3, 0.4) is 0 Å². The molecule has 0 amide bonds. The van der Waals surface area contributed by atoms with Crippen molar-refractivity contribution in [3.8, 4) is 0 Å². The van der Waals surface area contributed by atoms with Crippen LogP contribution in [-0.2, 0) is 6.42 Å². The molecule has 82 valence electrons. The normalized spacial score (nSPS) is 26.5. The third-order valence-corrected chi connectivity index (χ3v) is 3.57. The molecule has 15 heavy (non-hydrogen) atoms. The number of hydrogen-bond donors (Lipinski definition) is 0. The van der Waals surface area contributed by atoms with Gasteiger partial charge in [0.05, 0.1) is 0 Å². The minimum absolute atomic E-state index is 0.129. The van der Waals surface area contributed by atoms with E-state index in [9.17, 15) is 4.39 Å². The van der Waals surface area contributed by atoms with Gasteiger partial charge in [0.25, 0.3) is 0 Å². The first-order valence-electron chi connectivity index (χ1n) is 5.98. The number of benzene rings is 1. The molecule has 1 fully saturated rings. The van der Waals surface area contributed by atoms with E-state index in [0.717, 1.165) is 18.3 Å². The summed E-state index contributed by atoms with van der Waals surface area (Å²) in [4.78, 5) is 0. The molecule has 0 N–H and O–H groups in total. The Labute approximate surface area is 91.5 Å². The van der Waals surface area contributed by atoms with E-state index in [0.29, 0.717) is 0 Å². The first kappa shape index (κ1) is 10.7. The molecule has 0 spiro atoms. The highest BCUT2D eigenvalue weighted by Crippen LogP contribution is 2.30. The predicted molar refractivity (Wildman–Crippen MR) is 61.2 cm³/mol. The summed E-state index contributed by atoms with van der Waals surface area (Å²) >= 11 is 0. The molecule has 0 aliphatic heterocycles. The topological polar surface area (TPSA) is 0 Å². The van der Waals surface area contributed by atoms with Crippen molar-refractivity contribution in [2.75, 3.05) is 0 Å². The molecule has 0 radical (unpaired) electrons. The maximum absolute atomic E-state index is 12.7. The molecule has 0 unspecified atom stereocenters. The van der Waals surface area contributed by atoms with E-state index < -0.39 is 0 Å². The minimum Gasteiger partial charge on any atom is -0.207 e. The van der Waals surface area contributed by atoms with Crippen LogP contribution in [0.1, 0.15) is 38.2 Å². The Kier molecular flexibility index (Phi) is 3.40. The lowest BCUT2D eigenvalue weighted by atomic mass is 9.80. The summed E-state index contributed by atoms with van der Waals surface area (Å²) in [6.07, 6.45) is 6.56. The van der Waals surface area contributed by atoms with Gasteiger partial charge in [0.15, 0.2) is 0 Å². The molecule has 1 aromatic rings. The van der Waals surface area contributed by atoms with Crippen LogP contribution in [0.5, 0.6) is 0 Å². The Balaban J connectivity index is 1.89. The molecule has 0 aromatic heterocycles. The Morgan fingerprint density at radius 1 is 1.07 bits per heavy atom. The SMILES string of the molecule is CC1CCC(Cc2ccc(F)cc2)CC1. The molecule has 0 heterocycles. The van der Waals surface area contributed by atoms with Gasteiger partial charge in [-0.25, -0.2) is 4.39 Å². The van der Waals surface area contributed by atoms with Gasteiger partial charge in [-0.15, -0.1) is 0 Å². The lowest BCUT2D eigenvalue weighted by Gasteiger charge is -2.26. The molecule has 1 aromatic carbocycles. The summed E-state index contributed by atoms with van der Waals surface area (Å²) in [5.74, 6) is 1.61. The maximum Gasteiger partial charge on any atom is 0.123 e. The Bertz CT molecular complexity index is 294. The quantitative estimate of drug-likeness (QED) is 0.680. The summed E-state index contributed by atoms with van der Waals surface area (Å²) < 4.78 is 12.7. The number of hydrogen-bond acceptors (Lipinski definition) is 0. The summed E-state index contributed by atoms with van der Waals surface area (Å²) in [5, 5.41) is 0. The Hall–Kier alpha value is -0.850. The molecular weight excluding hydrogens is 187 g/mol. The lowest BCUT2D eigenvalue weighted by molar-refractivity contribution is 0.289. The standard InChI is InChI=1S/C14H19F/c1-11-2-4-12(5-3-11)10-13-6-8-14(15)9-7-13/h6-9,11-12H,2-5,10H2,1H3. The molecule has 0 atom stereocenters. The number of halogens is 1. The highest BCUT2D eigenvalue weighted by Gasteiger charge is 2.18. The van der Waals surface area contributed by atoms with E-state index in [1.54, 1.807) is 12.1 Å². The fourth-order valence-electron chi connectivity index (χ4n) is 2.49. The average molecular weight is 206 g/mol. The predicted octanol–water partition coefficient (Wildman–Crippen LogP) is 4.19. The fourth-order valence-corrected chi connectivity index (χ4v) is 2.49. The fraction of sp³-hybridized carbons (Fsp3) is 0.571. The van der Waals surface area contributed by atoms with E-state index in [1.807, 2.05) is 12.1 Å². The second-order valence-corrected chi connectivity index (χ2v) is 4.96. The van der Waals surface area contributed by atoms with Crippen LogP contribution in [-0.4, -0.2) is 0 Å². The summed E-state index contributed by atoms with van der Waals surface area (Å²) in [6.45, 7) is 2.34. The van der Waals surface area contributed by atoms with Crippen LogP contribution >= 0.6 is 0 Å². The van der Waals surface area contributed by atoms with E-state index in [1.165, 1.54) is 31.2 Å². The van der Waals surface area contributed by atoms with Gasteiger partial charge in [-0.05, 0) is 48.8 Å². The first-order chi connectivity index (χ1) is 7.24. The van der Waals surface area contributed by atoms with E-state index in [2.05, 4.69) is 6.92 Å². The van der Waals surface area contributed by atoms with Gasteiger partial charge in [0.2, 0.25) is 0 Å². The lowest BCUT2D eigenvalue weighted by Crippen LogP contribution is -2.14. The third-order valence-electron chi connectivity index (χ3n) is 3.57. The summed E-state index contributed by atoms with van der Waals surface area (Å²) in [5.41, 5.74) is 1.29. The van der Waals surface area contributed by atoms with Gasteiger partial charge in [-0.2, -0.15) is 0 Å². The van der Waals surface area contributed by atoms with Crippen LogP contribution in [0.2, 0.25) is 0 Å². The van der Waals surface area contributed by atoms with Crippen molar-refractivity contribution in [2.45, 2.75) is 39.0 Å². The van der Waals surface area contributed by atoms with E-state index >= 15 is 0 Å². The molecule has 0 saturated heterocycles. The van der Waals surface area contributed by atoms with Crippen molar-refractivity contribution in [1.82, 2.24) is 0 Å². The van der Waals surface area contributed by atoms with Crippen LogP contribution in [0.15, 0.2) is 24.3 Å². The van der Waals surface area contributed by atoms with Gasteiger partial charge in [0.1, 0.15) is 5.82 Å². The second-order valence-electron chi connectivity index (χ2n) is 4.96. The molecule has 1 saturated carbocycles. The first-order valence-corrected chi connectivity index (χ1v) is 5.98. The Morgan fingerprint density at radius 3 is 2.27 bits per heavy atom. The highest BCUT2D eigenvalue weighted by atomic mass is 19.1. The highest BCUT2D eigenvalue weighted by molar-refractivity contribution is 5.16. The van der Waals surface area contributed by atoms with Gasteiger partial charge >= 0.3 is 0 Å². The van der Waals surface area contributed by atoms with Gasteiger partial charge in [-0.3, -0.25) is 0 Å². The van der Waals surface area contributed by atoms with Crippen molar-refractivity contribution in [3.05, 3.63) is 35.6 Å². The minimum atomic E-state index is -0.129. The zero-order chi connectivity index (χ0) is 10.7. The van der Waals surface area contributed by atoms with E-state index in [4.69, 9.17) is 0 Å². The van der Waals surface area contributed by atoms with Crippen LogP contribution in [0, 0.1) is 17.7 Å². The molecule has 0 bridgehead atoms. The molecule has 2 rings (SSSR count). The zero-order valence-corrected chi connectivity index (χ0v) is 9.38. The van der Waals surface area contributed by atoms with Gasteiger partial charge in [-0.1, -0.05) is 31.9 Å². The van der Waals surface area contributed by atoms with E-state index in [-0.39, 0.29) is 5.82 Å². The van der Waals surface area contributed by atoms with Crippen molar-refractivity contribution in [1.29, 1.82) is 0 Å². The average Bonchev–Trinajstić information content (AvgIpc) is 2.25. The van der Waals surface area contributed by atoms with Crippen molar-refractivity contribution in [2.24, 2.45) is 11.8 Å². The zero-order valence-electron chi connectivity index (χ0n) is 9.38. The summed E-state index contributed by atoms with van der Waals surface area (Å²) in [6, 6.07) is 6.99. The van der Waals surface area contributed by atoms with Crippen LogP contribution in [0.4, 0.5) is 4.39 Å². The molecule has 1 aliphatic rings.